The molecule has 210 valence electrons. The molecule has 1 amide bonds. The average Bonchev–Trinajstić information content (AvgIpc) is 3.27. The van der Waals surface area contributed by atoms with Gasteiger partial charge in [-0.3, -0.25) is 0 Å². The summed E-state index contributed by atoms with van der Waals surface area (Å²) >= 11 is 6.20. The van der Waals surface area contributed by atoms with Gasteiger partial charge in [0.2, 0.25) is 0 Å². The molecule has 2 aromatic carbocycles. The van der Waals surface area contributed by atoms with Crippen LogP contribution >= 0.6 is 11.6 Å². The molecule has 0 saturated heterocycles. The van der Waals surface area contributed by atoms with Gasteiger partial charge in [0.05, 0.1) is 6.33 Å². The second-order valence-electron chi connectivity index (χ2n) is 11.3. The Kier molecular flexibility index (Phi) is 8.44. The second kappa shape index (κ2) is 11.3. The van der Waals surface area contributed by atoms with E-state index in [0.29, 0.717) is 11.6 Å². The van der Waals surface area contributed by atoms with Crippen molar-refractivity contribution in [2.45, 2.75) is 68.5 Å². The van der Waals surface area contributed by atoms with E-state index in [4.69, 9.17) is 16.3 Å². The number of carbonyl (C=O) groups is 1. The largest absolute Gasteiger partial charge is 0.444 e. The van der Waals surface area contributed by atoms with Crippen molar-refractivity contribution in [3.8, 4) is 0 Å². The van der Waals surface area contributed by atoms with Crippen LogP contribution in [-0.2, 0) is 33.8 Å². The summed E-state index contributed by atoms with van der Waals surface area (Å²) in [4.78, 5) is 16.7. The minimum Gasteiger partial charge on any atom is -0.444 e. The van der Waals surface area contributed by atoms with Crippen LogP contribution in [0.25, 0.3) is 0 Å². The average molecular weight is 573 g/mol. The van der Waals surface area contributed by atoms with Crippen molar-refractivity contribution in [1.82, 2.24) is 19.2 Å². The number of aryl methyl sites for hydroxylation is 1. The van der Waals surface area contributed by atoms with Crippen molar-refractivity contribution in [2.24, 2.45) is 7.05 Å². The molecule has 10 heteroatoms. The molecule has 3 aromatic rings. The number of nitrogens with zero attached hydrogens (tertiary/aromatic N) is 3. The second-order valence-corrected chi connectivity index (χ2v) is 13.8. The fraction of sp³-hybridized carbons (Fsp3) is 0.448. The Morgan fingerprint density at radius 1 is 1.21 bits per heavy atom. The van der Waals surface area contributed by atoms with Crippen LogP contribution in [-0.4, -0.2) is 47.6 Å². The van der Waals surface area contributed by atoms with Crippen molar-refractivity contribution < 1.29 is 17.9 Å². The SMILES string of the molecule is CN(Cc1cccc(C(CNC(=O)OC(C)(C)C)C2(c3ccc(Cl)cc3)CCC2)c1)S(=O)(=O)c1cn(C)cn1. The van der Waals surface area contributed by atoms with E-state index in [0.717, 1.165) is 30.4 Å². The van der Waals surface area contributed by atoms with Gasteiger partial charge in [-0.15, -0.1) is 0 Å². The summed E-state index contributed by atoms with van der Waals surface area (Å²) < 4.78 is 34.6. The molecule has 1 aromatic heterocycles. The van der Waals surface area contributed by atoms with Crippen molar-refractivity contribution in [1.29, 1.82) is 0 Å². The van der Waals surface area contributed by atoms with Gasteiger partial charge in [0.15, 0.2) is 5.03 Å². The third-order valence-corrected chi connectivity index (χ3v) is 9.24. The lowest BCUT2D eigenvalue weighted by molar-refractivity contribution is 0.0511. The fourth-order valence-electron chi connectivity index (χ4n) is 5.24. The topological polar surface area (TPSA) is 93.5 Å². The molecule has 4 rings (SSSR count). The van der Waals surface area contributed by atoms with Crippen LogP contribution < -0.4 is 5.32 Å². The van der Waals surface area contributed by atoms with Gasteiger partial charge in [0.25, 0.3) is 10.0 Å². The molecule has 0 aliphatic heterocycles. The molecule has 1 aliphatic carbocycles. The van der Waals surface area contributed by atoms with E-state index in [2.05, 4.69) is 22.4 Å². The molecule has 1 atom stereocenters. The number of ether oxygens (including phenoxy) is 1. The summed E-state index contributed by atoms with van der Waals surface area (Å²) in [5, 5.41) is 3.69. The van der Waals surface area contributed by atoms with Crippen LogP contribution in [0.5, 0.6) is 0 Å². The van der Waals surface area contributed by atoms with E-state index in [9.17, 15) is 13.2 Å². The van der Waals surface area contributed by atoms with Crippen LogP contribution in [0.1, 0.15) is 62.6 Å². The molecule has 8 nitrogen and oxygen atoms in total. The van der Waals surface area contributed by atoms with Gasteiger partial charge < -0.3 is 14.6 Å². The number of carbonyl (C=O) groups excluding carboxylic acids is 1. The number of halogens is 1. The summed E-state index contributed by atoms with van der Waals surface area (Å²) in [6.45, 7) is 6.08. The Bertz CT molecular complexity index is 1410. The van der Waals surface area contributed by atoms with Crippen LogP contribution in [0.3, 0.4) is 0 Å². The molecule has 1 unspecified atom stereocenters. The van der Waals surface area contributed by atoms with Crippen molar-refractivity contribution in [3.05, 3.63) is 82.8 Å². The van der Waals surface area contributed by atoms with Crippen molar-refractivity contribution in [2.75, 3.05) is 13.6 Å². The van der Waals surface area contributed by atoms with E-state index < -0.39 is 21.7 Å². The number of aromatic nitrogens is 2. The highest BCUT2D eigenvalue weighted by Crippen LogP contribution is 2.53. The number of amides is 1. The number of rotatable bonds is 9. The first-order valence-electron chi connectivity index (χ1n) is 13.1. The van der Waals surface area contributed by atoms with E-state index in [1.54, 1.807) is 18.7 Å². The zero-order valence-electron chi connectivity index (χ0n) is 23.1. The van der Waals surface area contributed by atoms with Gasteiger partial charge in [-0.2, -0.15) is 4.31 Å². The van der Waals surface area contributed by atoms with Crippen LogP contribution in [0.2, 0.25) is 5.02 Å². The van der Waals surface area contributed by atoms with Gasteiger partial charge in [-0.05, 0) is 62.4 Å². The van der Waals surface area contributed by atoms with Crippen LogP contribution in [0.15, 0.2) is 66.1 Å². The predicted molar refractivity (Wildman–Crippen MR) is 152 cm³/mol. The summed E-state index contributed by atoms with van der Waals surface area (Å²) in [6, 6.07) is 15.9. The highest BCUT2D eigenvalue weighted by molar-refractivity contribution is 7.89. The maximum atomic E-state index is 13.1. The molecule has 0 spiro atoms. The zero-order valence-corrected chi connectivity index (χ0v) is 24.7. The molecule has 1 fully saturated rings. The normalized spacial score (nSPS) is 16.0. The highest BCUT2D eigenvalue weighted by atomic mass is 35.5. The summed E-state index contributed by atoms with van der Waals surface area (Å²) in [6.07, 6.45) is 5.51. The summed E-state index contributed by atoms with van der Waals surface area (Å²) in [5.74, 6) is -0.0578. The number of alkyl carbamates (subject to hydrolysis) is 1. The van der Waals surface area contributed by atoms with Gasteiger partial charge in [0, 0.05) is 49.7 Å². The lowest BCUT2D eigenvalue weighted by Crippen LogP contribution is -2.46. The summed E-state index contributed by atoms with van der Waals surface area (Å²) in [7, 11) is -0.453. The Balaban J connectivity index is 1.64. The molecular weight excluding hydrogens is 536 g/mol. The Labute approximate surface area is 236 Å². The number of sulfonamides is 1. The smallest absolute Gasteiger partial charge is 0.407 e. The minimum atomic E-state index is -3.74. The lowest BCUT2D eigenvalue weighted by atomic mass is 9.56. The standard InChI is InChI=1S/C29H37ClN4O4S/c1-28(2,3)38-27(35)31-17-25(29(14-7-15-29)23-10-12-24(30)13-11-23)22-9-6-8-21(16-22)18-34(5)39(36,37)26-19-33(4)20-32-26/h6,8-13,16,19-20,25H,7,14-15,17-18H2,1-5H3,(H,31,35). The Morgan fingerprint density at radius 2 is 1.90 bits per heavy atom. The molecular formula is C29H37ClN4O4S. The molecule has 1 heterocycles. The first-order valence-corrected chi connectivity index (χ1v) is 14.9. The number of hydrogen-bond acceptors (Lipinski definition) is 5. The van der Waals surface area contributed by atoms with Crippen molar-refractivity contribution in [3.63, 3.8) is 0 Å². The van der Waals surface area contributed by atoms with Crippen LogP contribution in [0, 0.1) is 0 Å². The minimum absolute atomic E-state index is 0.0132. The lowest BCUT2D eigenvalue weighted by Gasteiger charge is -2.49. The van der Waals surface area contributed by atoms with Gasteiger partial charge >= 0.3 is 6.09 Å². The molecule has 1 aliphatic rings. The van der Waals surface area contributed by atoms with E-state index in [1.165, 1.54) is 22.4 Å². The fourth-order valence-corrected chi connectivity index (χ4v) is 6.49. The molecule has 1 saturated carbocycles. The number of hydrogen-bond donors (Lipinski definition) is 1. The van der Waals surface area contributed by atoms with Crippen molar-refractivity contribution >= 4 is 27.7 Å². The first-order chi connectivity index (χ1) is 18.3. The van der Waals surface area contributed by atoms with E-state index >= 15 is 0 Å². The predicted octanol–water partition coefficient (Wildman–Crippen LogP) is 5.62. The first kappa shape index (κ1) is 29.1. The summed E-state index contributed by atoms with van der Waals surface area (Å²) in [5.41, 5.74) is 2.26. The third kappa shape index (κ3) is 6.65. The van der Waals surface area contributed by atoms with Gasteiger partial charge in [-0.25, -0.2) is 18.2 Å². The Hall–Kier alpha value is -2.88. The zero-order chi connectivity index (χ0) is 28.4. The monoisotopic (exact) mass is 572 g/mol. The van der Waals surface area contributed by atoms with E-state index in [1.807, 2.05) is 57.2 Å². The third-order valence-electron chi connectivity index (χ3n) is 7.30. The van der Waals surface area contributed by atoms with Gasteiger partial charge in [-0.1, -0.05) is 54.4 Å². The molecule has 39 heavy (non-hydrogen) atoms. The maximum Gasteiger partial charge on any atom is 0.407 e. The number of nitrogens with one attached hydrogen (secondary N) is 1. The number of imidazole rings is 1. The molecule has 0 bridgehead atoms. The quantitative estimate of drug-likeness (QED) is 0.359. The molecule has 0 radical (unpaired) electrons. The molecule has 1 N–H and O–H groups in total. The highest BCUT2D eigenvalue weighted by Gasteiger charge is 2.46. The Morgan fingerprint density at radius 3 is 2.46 bits per heavy atom. The van der Waals surface area contributed by atoms with E-state index in [-0.39, 0.29) is 22.9 Å². The van der Waals surface area contributed by atoms with Gasteiger partial charge in [0.1, 0.15) is 5.60 Å². The maximum absolute atomic E-state index is 13.1. The number of benzene rings is 2. The van der Waals surface area contributed by atoms with Crippen LogP contribution in [0.4, 0.5) is 4.79 Å².